The first-order chi connectivity index (χ1) is 6.83. The van der Waals surface area contributed by atoms with E-state index in [-0.39, 0.29) is 0 Å². The van der Waals surface area contributed by atoms with Gasteiger partial charge in [-0.25, -0.2) is 0 Å². The molecule has 0 saturated carbocycles. The normalized spacial score (nSPS) is 10.4. The number of hydrogen-bond acceptors (Lipinski definition) is 2. The van der Waals surface area contributed by atoms with Gasteiger partial charge in [0, 0.05) is 11.9 Å². The number of nitrogens with two attached hydrogens (primary N) is 1. The molecule has 0 spiro atoms. The molecular formula is C11H10BrNS. The quantitative estimate of drug-likeness (QED) is 0.884. The third-order valence-corrected chi connectivity index (χ3v) is 3.98. The zero-order valence-electron chi connectivity index (χ0n) is 7.53. The third kappa shape index (κ3) is 1.75. The maximum absolute atomic E-state index is 5.71. The second-order valence-corrected chi connectivity index (χ2v) is 5.17. The molecular weight excluding hydrogens is 258 g/mol. The first-order valence-corrected chi connectivity index (χ1v) is 6.01. The fourth-order valence-electron chi connectivity index (χ4n) is 1.41. The summed E-state index contributed by atoms with van der Waals surface area (Å²) in [6.45, 7) is 0.578. The van der Waals surface area contributed by atoms with E-state index >= 15 is 0 Å². The van der Waals surface area contributed by atoms with Crippen molar-refractivity contribution >= 4 is 27.3 Å². The van der Waals surface area contributed by atoms with Gasteiger partial charge in [-0.05, 0) is 32.6 Å². The molecule has 0 fully saturated rings. The molecule has 2 aromatic rings. The highest BCUT2D eigenvalue weighted by molar-refractivity contribution is 9.11. The van der Waals surface area contributed by atoms with Crippen LogP contribution in [0.3, 0.4) is 0 Å². The van der Waals surface area contributed by atoms with E-state index in [0.29, 0.717) is 6.54 Å². The van der Waals surface area contributed by atoms with Crippen LogP contribution in [0.1, 0.15) is 5.56 Å². The first kappa shape index (κ1) is 9.90. The molecule has 14 heavy (non-hydrogen) atoms. The van der Waals surface area contributed by atoms with E-state index in [1.807, 2.05) is 18.2 Å². The molecule has 0 aliphatic heterocycles. The van der Waals surface area contributed by atoms with Crippen molar-refractivity contribution in [3.63, 3.8) is 0 Å². The zero-order valence-corrected chi connectivity index (χ0v) is 9.94. The molecule has 0 atom stereocenters. The summed E-state index contributed by atoms with van der Waals surface area (Å²) < 4.78 is 1.14. The standard InChI is InChI=1S/C11H10BrNS/c12-11-9(6-13)10(7-14-11)8-4-2-1-3-5-8/h1-5,7H,6,13H2. The maximum atomic E-state index is 5.71. The summed E-state index contributed by atoms with van der Waals surface area (Å²) in [6.07, 6.45) is 0. The average molecular weight is 268 g/mol. The van der Waals surface area contributed by atoms with Crippen LogP contribution in [0.25, 0.3) is 11.1 Å². The van der Waals surface area contributed by atoms with E-state index in [4.69, 9.17) is 5.73 Å². The molecule has 1 aromatic heterocycles. The first-order valence-electron chi connectivity index (χ1n) is 4.34. The van der Waals surface area contributed by atoms with Crippen LogP contribution in [-0.2, 0) is 6.54 Å². The molecule has 2 rings (SSSR count). The number of thiophene rings is 1. The fraction of sp³-hybridized carbons (Fsp3) is 0.0909. The fourth-order valence-corrected chi connectivity index (χ4v) is 2.90. The van der Waals surface area contributed by atoms with Gasteiger partial charge < -0.3 is 5.73 Å². The van der Waals surface area contributed by atoms with Gasteiger partial charge in [-0.15, -0.1) is 11.3 Å². The monoisotopic (exact) mass is 267 g/mol. The van der Waals surface area contributed by atoms with Gasteiger partial charge in [0.05, 0.1) is 3.79 Å². The van der Waals surface area contributed by atoms with E-state index in [0.717, 1.165) is 3.79 Å². The maximum Gasteiger partial charge on any atom is 0.0749 e. The highest BCUT2D eigenvalue weighted by atomic mass is 79.9. The highest BCUT2D eigenvalue weighted by Gasteiger charge is 2.08. The predicted octanol–water partition coefficient (Wildman–Crippen LogP) is 3.64. The molecule has 3 heteroatoms. The SMILES string of the molecule is NCc1c(-c2ccccc2)csc1Br. The Morgan fingerprint density at radius 2 is 1.93 bits per heavy atom. The van der Waals surface area contributed by atoms with Gasteiger partial charge >= 0.3 is 0 Å². The molecule has 0 bridgehead atoms. The van der Waals surface area contributed by atoms with Crippen molar-refractivity contribution in [3.8, 4) is 11.1 Å². The summed E-state index contributed by atoms with van der Waals surface area (Å²) in [6, 6.07) is 10.3. The molecule has 0 unspecified atom stereocenters. The summed E-state index contributed by atoms with van der Waals surface area (Å²) in [5.74, 6) is 0. The van der Waals surface area contributed by atoms with Crippen molar-refractivity contribution in [2.45, 2.75) is 6.54 Å². The van der Waals surface area contributed by atoms with Gasteiger partial charge in [0.15, 0.2) is 0 Å². The lowest BCUT2D eigenvalue weighted by Gasteiger charge is -2.01. The lowest BCUT2D eigenvalue weighted by Crippen LogP contribution is -1.96. The van der Waals surface area contributed by atoms with Gasteiger partial charge in [0.2, 0.25) is 0 Å². The van der Waals surface area contributed by atoms with E-state index < -0.39 is 0 Å². The number of halogens is 1. The lowest BCUT2D eigenvalue weighted by atomic mass is 10.1. The molecule has 0 aliphatic rings. The molecule has 0 radical (unpaired) electrons. The van der Waals surface area contributed by atoms with Crippen LogP contribution in [0.5, 0.6) is 0 Å². The summed E-state index contributed by atoms with van der Waals surface area (Å²) in [7, 11) is 0. The van der Waals surface area contributed by atoms with Crippen molar-refractivity contribution in [1.82, 2.24) is 0 Å². The summed E-state index contributed by atoms with van der Waals surface area (Å²) in [5.41, 5.74) is 9.38. The number of benzene rings is 1. The van der Waals surface area contributed by atoms with Crippen LogP contribution in [0.15, 0.2) is 39.5 Å². The van der Waals surface area contributed by atoms with Crippen LogP contribution in [0.4, 0.5) is 0 Å². The van der Waals surface area contributed by atoms with Crippen LogP contribution in [0.2, 0.25) is 0 Å². The molecule has 0 amide bonds. The Morgan fingerprint density at radius 3 is 2.57 bits per heavy atom. The summed E-state index contributed by atoms with van der Waals surface area (Å²) >= 11 is 5.20. The van der Waals surface area contributed by atoms with E-state index in [9.17, 15) is 0 Å². The second-order valence-electron chi connectivity index (χ2n) is 2.97. The lowest BCUT2D eigenvalue weighted by molar-refractivity contribution is 1.08. The topological polar surface area (TPSA) is 26.0 Å². The van der Waals surface area contributed by atoms with Gasteiger partial charge in [-0.3, -0.25) is 0 Å². The van der Waals surface area contributed by atoms with Crippen LogP contribution >= 0.6 is 27.3 Å². The van der Waals surface area contributed by atoms with Gasteiger partial charge in [0.25, 0.3) is 0 Å². The molecule has 72 valence electrons. The molecule has 1 heterocycles. The number of hydrogen-bond donors (Lipinski definition) is 1. The largest absolute Gasteiger partial charge is 0.326 e. The molecule has 0 aliphatic carbocycles. The van der Waals surface area contributed by atoms with Crippen molar-refractivity contribution in [1.29, 1.82) is 0 Å². The number of rotatable bonds is 2. The molecule has 2 N–H and O–H groups in total. The second kappa shape index (κ2) is 4.26. The third-order valence-electron chi connectivity index (χ3n) is 2.13. The minimum Gasteiger partial charge on any atom is -0.326 e. The summed E-state index contributed by atoms with van der Waals surface area (Å²) in [5, 5.41) is 2.14. The van der Waals surface area contributed by atoms with E-state index in [1.165, 1.54) is 16.7 Å². The van der Waals surface area contributed by atoms with Crippen molar-refractivity contribution in [2.75, 3.05) is 0 Å². The van der Waals surface area contributed by atoms with Crippen LogP contribution < -0.4 is 5.73 Å². The van der Waals surface area contributed by atoms with Gasteiger partial charge in [-0.2, -0.15) is 0 Å². The van der Waals surface area contributed by atoms with Crippen LogP contribution in [-0.4, -0.2) is 0 Å². The zero-order chi connectivity index (χ0) is 9.97. The smallest absolute Gasteiger partial charge is 0.0749 e. The predicted molar refractivity (Wildman–Crippen MR) is 65.3 cm³/mol. The average Bonchev–Trinajstić information content (AvgIpc) is 2.61. The minimum atomic E-state index is 0.578. The molecule has 0 saturated heterocycles. The summed E-state index contributed by atoms with van der Waals surface area (Å²) in [4.78, 5) is 0. The Morgan fingerprint density at radius 1 is 1.21 bits per heavy atom. The van der Waals surface area contributed by atoms with Gasteiger partial charge in [-0.1, -0.05) is 30.3 Å². The van der Waals surface area contributed by atoms with E-state index in [2.05, 4.69) is 33.4 Å². The highest BCUT2D eigenvalue weighted by Crippen LogP contribution is 2.34. The van der Waals surface area contributed by atoms with E-state index in [1.54, 1.807) is 11.3 Å². The van der Waals surface area contributed by atoms with Crippen molar-refractivity contribution in [2.24, 2.45) is 5.73 Å². The Balaban J connectivity index is 2.52. The Hall–Kier alpha value is -0.640. The molecule has 1 aromatic carbocycles. The minimum absolute atomic E-state index is 0.578. The van der Waals surface area contributed by atoms with Crippen molar-refractivity contribution in [3.05, 3.63) is 45.1 Å². The Labute approximate surface area is 95.7 Å². The molecule has 1 nitrogen and oxygen atoms in total. The Kier molecular flexibility index (Phi) is 3.01. The van der Waals surface area contributed by atoms with Crippen LogP contribution in [0, 0.1) is 0 Å². The van der Waals surface area contributed by atoms with Gasteiger partial charge in [0.1, 0.15) is 0 Å². The Bertz CT molecular complexity index is 422. The van der Waals surface area contributed by atoms with Crippen molar-refractivity contribution < 1.29 is 0 Å².